The highest BCUT2D eigenvalue weighted by Gasteiger charge is 2.30. The van der Waals surface area contributed by atoms with Crippen LogP contribution in [-0.2, 0) is 4.74 Å². The fourth-order valence-electron chi connectivity index (χ4n) is 3.09. The molecule has 0 spiro atoms. The smallest absolute Gasteiger partial charge is 0.315 e. The van der Waals surface area contributed by atoms with Crippen molar-refractivity contribution in [3.05, 3.63) is 0 Å². The van der Waals surface area contributed by atoms with Gasteiger partial charge in [0.2, 0.25) is 0 Å². The number of carbonyl (C=O) groups is 1. The maximum absolute atomic E-state index is 11.7. The zero-order valence-corrected chi connectivity index (χ0v) is 11.6. The number of aliphatic hydroxyl groups excluding tert-OH is 1. The molecule has 2 atom stereocenters. The van der Waals surface area contributed by atoms with E-state index >= 15 is 0 Å². The van der Waals surface area contributed by atoms with Crippen LogP contribution in [0.3, 0.4) is 0 Å². The van der Waals surface area contributed by atoms with E-state index in [0.717, 1.165) is 19.3 Å². The molecule has 0 aromatic carbocycles. The molecule has 0 aromatic rings. The van der Waals surface area contributed by atoms with Crippen LogP contribution in [0.2, 0.25) is 0 Å². The number of carbonyl (C=O) groups excluding carboxylic acids is 1. The monoisotopic (exact) mass is 270 g/mol. The average molecular weight is 270 g/mol. The van der Waals surface area contributed by atoms with E-state index in [1.54, 1.807) is 0 Å². The lowest BCUT2D eigenvalue weighted by Crippen LogP contribution is -2.50. The van der Waals surface area contributed by atoms with Gasteiger partial charge >= 0.3 is 6.03 Å². The van der Waals surface area contributed by atoms with E-state index in [2.05, 4.69) is 10.6 Å². The molecule has 0 heterocycles. The van der Waals surface area contributed by atoms with Gasteiger partial charge in [0.25, 0.3) is 0 Å². The topological polar surface area (TPSA) is 70.6 Å². The van der Waals surface area contributed by atoms with Gasteiger partial charge in [-0.25, -0.2) is 4.79 Å². The van der Waals surface area contributed by atoms with Crippen molar-refractivity contribution in [3.63, 3.8) is 0 Å². The summed E-state index contributed by atoms with van der Waals surface area (Å²) in [6, 6.07) is -0.0750. The van der Waals surface area contributed by atoms with Gasteiger partial charge < -0.3 is 20.5 Å². The van der Waals surface area contributed by atoms with Crippen LogP contribution in [0.5, 0.6) is 0 Å². The van der Waals surface area contributed by atoms with Gasteiger partial charge in [0, 0.05) is 6.54 Å². The first kappa shape index (κ1) is 14.6. The molecule has 2 rings (SSSR count). The molecule has 2 amide bonds. The van der Waals surface area contributed by atoms with Crippen LogP contribution in [0, 0.1) is 0 Å². The normalized spacial score (nSPS) is 28.3. The Labute approximate surface area is 115 Å². The van der Waals surface area contributed by atoms with Crippen LogP contribution in [0.1, 0.15) is 51.4 Å². The molecule has 2 saturated carbocycles. The second-order valence-electron chi connectivity index (χ2n) is 5.60. The molecular formula is C14H26N2O3. The molecule has 0 radical (unpaired) electrons. The summed E-state index contributed by atoms with van der Waals surface area (Å²) >= 11 is 0. The van der Waals surface area contributed by atoms with Crippen molar-refractivity contribution in [1.82, 2.24) is 10.6 Å². The van der Waals surface area contributed by atoms with E-state index in [4.69, 9.17) is 9.84 Å². The SMILES string of the molecule is O=C(NCCO)NC1CCCCC1OC1CCCC1. The first-order valence-electron chi connectivity index (χ1n) is 7.60. The molecule has 2 aliphatic rings. The number of hydrogen-bond acceptors (Lipinski definition) is 3. The van der Waals surface area contributed by atoms with Gasteiger partial charge in [-0.15, -0.1) is 0 Å². The zero-order valence-electron chi connectivity index (χ0n) is 11.6. The third-order valence-corrected chi connectivity index (χ3v) is 4.09. The summed E-state index contributed by atoms with van der Waals surface area (Å²) < 4.78 is 6.18. The van der Waals surface area contributed by atoms with Crippen molar-refractivity contribution in [1.29, 1.82) is 0 Å². The molecule has 5 nitrogen and oxygen atoms in total. The Balaban J connectivity index is 1.79. The highest BCUT2D eigenvalue weighted by molar-refractivity contribution is 5.74. The van der Waals surface area contributed by atoms with E-state index in [-0.39, 0.29) is 24.8 Å². The summed E-state index contributed by atoms with van der Waals surface area (Å²) in [5, 5.41) is 14.3. The van der Waals surface area contributed by atoms with Crippen molar-refractivity contribution in [3.8, 4) is 0 Å². The van der Waals surface area contributed by atoms with Gasteiger partial charge in [0.15, 0.2) is 0 Å². The summed E-state index contributed by atoms with van der Waals surface area (Å²) in [4.78, 5) is 11.7. The largest absolute Gasteiger partial charge is 0.395 e. The Bertz CT molecular complexity index is 280. The minimum atomic E-state index is -0.194. The summed E-state index contributed by atoms with van der Waals surface area (Å²) in [6.07, 6.45) is 9.80. The quantitative estimate of drug-likeness (QED) is 0.710. The minimum Gasteiger partial charge on any atom is -0.395 e. The Morgan fingerprint density at radius 2 is 1.79 bits per heavy atom. The zero-order chi connectivity index (χ0) is 13.5. The molecule has 0 aliphatic heterocycles. The van der Waals surface area contributed by atoms with Crippen LogP contribution in [0.25, 0.3) is 0 Å². The lowest BCUT2D eigenvalue weighted by Gasteiger charge is -2.34. The standard InChI is InChI=1S/C14H26N2O3/c17-10-9-15-14(18)16-12-7-3-4-8-13(12)19-11-5-1-2-6-11/h11-13,17H,1-10H2,(H2,15,16,18). The molecule has 0 saturated heterocycles. The molecule has 2 unspecified atom stereocenters. The molecule has 19 heavy (non-hydrogen) atoms. The lowest BCUT2D eigenvalue weighted by atomic mass is 9.92. The summed E-state index contributed by atoms with van der Waals surface area (Å²) in [6.45, 7) is 0.271. The molecular weight excluding hydrogens is 244 g/mol. The van der Waals surface area contributed by atoms with Gasteiger partial charge in [-0.2, -0.15) is 0 Å². The first-order chi connectivity index (χ1) is 9.29. The van der Waals surface area contributed by atoms with Crippen molar-refractivity contribution < 1.29 is 14.6 Å². The third-order valence-electron chi connectivity index (χ3n) is 4.09. The lowest BCUT2D eigenvalue weighted by molar-refractivity contribution is -0.0410. The molecule has 0 bridgehead atoms. The molecule has 0 aromatic heterocycles. The number of urea groups is 1. The van der Waals surface area contributed by atoms with Gasteiger partial charge in [-0.1, -0.05) is 25.7 Å². The first-order valence-corrected chi connectivity index (χ1v) is 7.60. The third kappa shape index (κ3) is 4.66. The minimum absolute atomic E-state index is 0.0277. The number of rotatable bonds is 5. The van der Waals surface area contributed by atoms with Gasteiger partial charge in [-0.05, 0) is 25.7 Å². The summed E-state index contributed by atoms with van der Waals surface area (Å²) in [5.41, 5.74) is 0. The Morgan fingerprint density at radius 1 is 1.11 bits per heavy atom. The van der Waals surface area contributed by atoms with Crippen molar-refractivity contribution >= 4 is 6.03 Å². The van der Waals surface area contributed by atoms with E-state index in [1.807, 2.05) is 0 Å². The molecule has 3 N–H and O–H groups in total. The van der Waals surface area contributed by atoms with Gasteiger partial charge in [0.1, 0.15) is 0 Å². The van der Waals surface area contributed by atoms with E-state index in [1.165, 1.54) is 32.1 Å². The van der Waals surface area contributed by atoms with Crippen LogP contribution in [0.4, 0.5) is 4.79 Å². The fraction of sp³-hybridized carbons (Fsp3) is 0.929. The predicted octanol–water partition coefficient (Wildman–Crippen LogP) is 1.55. The number of ether oxygens (including phenoxy) is 1. The van der Waals surface area contributed by atoms with Gasteiger partial charge in [-0.3, -0.25) is 0 Å². The number of aliphatic hydroxyl groups is 1. The van der Waals surface area contributed by atoms with E-state index in [9.17, 15) is 4.79 Å². The molecule has 2 fully saturated rings. The predicted molar refractivity (Wildman–Crippen MR) is 73.0 cm³/mol. The Morgan fingerprint density at radius 3 is 2.53 bits per heavy atom. The number of nitrogens with one attached hydrogen (secondary N) is 2. The van der Waals surface area contributed by atoms with Crippen molar-refractivity contribution in [2.45, 2.75) is 69.6 Å². The second kappa shape index (κ2) is 7.70. The maximum atomic E-state index is 11.7. The molecule has 5 heteroatoms. The van der Waals surface area contributed by atoms with E-state index in [0.29, 0.717) is 12.6 Å². The number of hydrogen-bond donors (Lipinski definition) is 3. The summed E-state index contributed by atoms with van der Waals surface area (Å²) in [7, 11) is 0. The maximum Gasteiger partial charge on any atom is 0.315 e. The van der Waals surface area contributed by atoms with Crippen LogP contribution in [0.15, 0.2) is 0 Å². The van der Waals surface area contributed by atoms with E-state index < -0.39 is 0 Å². The summed E-state index contributed by atoms with van der Waals surface area (Å²) in [5.74, 6) is 0. The van der Waals surface area contributed by atoms with Crippen molar-refractivity contribution in [2.24, 2.45) is 0 Å². The van der Waals surface area contributed by atoms with Gasteiger partial charge in [0.05, 0.1) is 24.9 Å². The van der Waals surface area contributed by atoms with Crippen LogP contribution in [-0.4, -0.2) is 42.5 Å². The highest BCUT2D eigenvalue weighted by Crippen LogP contribution is 2.28. The fourth-order valence-corrected chi connectivity index (χ4v) is 3.09. The van der Waals surface area contributed by atoms with Crippen LogP contribution >= 0.6 is 0 Å². The number of amides is 2. The van der Waals surface area contributed by atoms with Crippen LogP contribution < -0.4 is 10.6 Å². The second-order valence-corrected chi connectivity index (χ2v) is 5.60. The highest BCUT2D eigenvalue weighted by atomic mass is 16.5. The average Bonchev–Trinajstić information content (AvgIpc) is 2.91. The molecule has 110 valence electrons. The Hall–Kier alpha value is -0.810. The molecule has 2 aliphatic carbocycles. The van der Waals surface area contributed by atoms with Crippen molar-refractivity contribution in [2.75, 3.05) is 13.2 Å². The Kier molecular flexibility index (Phi) is 5.92.